The second-order valence-electron chi connectivity index (χ2n) is 4.37. The van der Waals surface area contributed by atoms with E-state index in [-0.39, 0.29) is 25.5 Å². The van der Waals surface area contributed by atoms with Gasteiger partial charge >= 0.3 is 12.0 Å². The van der Waals surface area contributed by atoms with E-state index in [0.29, 0.717) is 11.7 Å². The van der Waals surface area contributed by atoms with Gasteiger partial charge in [0.1, 0.15) is 18.1 Å². The molecule has 10 heteroatoms. The molecule has 0 aromatic carbocycles. The summed E-state index contributed by atoms with van der Waals surface area (Å²) in [6, 6.07) is -0.405. The Kier molecular flexibility index (Phi) is 4.68. The molecule has 0 bridgehead atoms. The van der Waals surface area contributed by atoms with Gasteiger partial charge in [-0.05, 0) is 6.92 Å². The van der Waals surface area contributed by atoms with E-state index in [0.717, 1.165) is 5.01 Å². The highest BCUT2D eigenvalue weighted by Crippen LogP contribution is 2.15. The fraction of sp³-hybridized carbons (Fsp3) is 0.545. The first-order chi connectivity index (χ1) is 9.99. The van der Waals surface area contributed by atoms with Crippen molar-refractivity contribution in [3.63, 3.8) is 0 Å². The molecule has 1 fully saturated rings. The van der Waals surface area contributed by atoms with Crippen LogP contribution in [0.25, 0.3) is 0 Å². The van der Waals surface area contributed by atoms with Crippen LogP contribution in [-0.2, 0) is 14.3 Å². The molecule has 0 radical (unpaired) electrons. The third kappa shape index (κ3) is 3.88. The van der Waals surface area contributed by atoms with Crippen LogP contribution in [-0.4, -0.2) is 71.2 Å². The molecule has 1 aromatic heterocycles. The van der Waals surface area contributed by atoms with Crippen molar-refractivity contribution >= 4 is 34.4 Å². The minimum absolute atomic E-state index is 0.0827. The summed E-state index contributed by atoms with van der Waals surface area (Å²) in [7, 11) is 1.26. The maximum absolute atomic E-state index is 12.0. The van der Waals surface area contributed by atoms with Crippen LogP contribution in [0.4, 0.5) is 9.93 Å². The number of urea groups is 1. The summed E-state index contributed by atoms with van der Waals surface area (Å²) in [5.74, 6) is -0.777. The largest absolute Gasteiger partial charge is 0.468 e. The average molecular weight is 313 g/mol. The highest BCUT2D eigenvalue weighted by atomic mass is 32.1. The van der Waals surface area contributed by atoms with E-state index in [9.17, 15) is 14.4 Å². The number of carbonyl (C=O) groups is 3. The van der Waals surface area contributed by atoms with Crippen molar-refractivity contribution in [1.29, 1.82) is 0 Å². The summed E-state index contributed by atoms with van der Waals surface area (Å²) in [4.78, 5) is 37.8. The number of aromatic nitrogens is 2. The topological polar surface area (TPSA) is 105 Å². The second-order valence-corrected chi connectivity index (χ2v) is 5.55. The van der Waals surface area contributed by atoms with Crippen LogP contribution in [0.1, 0.15) is 5.01 Å². The molecule has 1 aliphatic rings. The number of aryl methyl sites for hydroxylation is 1. The van der Waals surface area contributed by atoms with Crippen LogP contribution < -0.4 is 5.32 Å². The van der Waals surface area contributed by atoms with Crippen LogP contribution in [0.2, 0.25) is 0 Å². The van der Waals surface area contributed by atoms with Crippen molar-refractivity contribution in [3.8, 4) is 0 Å². The molecule has 0 unspecified atom stereocenters. The van der Waals surface area contributed by atoms with Gasteiger partial charge in [-0.25, -0.2) is 4.79 Å². The molecular weight excluding hydrogens is 298 g/mol. The van der Waals surface area contributed by atoms with Crippen LogP contribution in [0.3, 0.4) is 0 Å². The molecule has 2 rings (SSSR count). The maximum atomic E-state index is 12.0. The lowest BCUT2D eigenvalue weighted by Crippen LogP contribution is -2.54. The van der Waals surface area contributed by atoms with Gasteiger partial charge in [0.15, 0.2) is 0 Å². The Bertz CT molecular complexity index is 561. The van der Waals surface area contributed by atoms with Gasteiger partial charge in [-0.1, -0.05) is 11.3 Å². The standard InChI is InChI=1S/C11H15N5O4S/c1-7-13-14-10(21-7)12-11(19)16-4-3-15(8(17)5-16)6-9(18)20-2/h3-6H2,1-2H3,(H,12,14,19). The summed E-state index contributed by atoms with van der Waals surface area (Å²) >= 11 is 1.26. The van der Waals surface area contributed by atoms with Gasteiger partial charge in [0, 0.05) is 13.1 Å². The zero-order valence-electron chi connectivity index (χ0n) is 11.7. The van der Waals surface area contributed by atoms with Crippen LogP contribution >= 0.6 is 11.3 Å². The van der Waals surface area contributed by atoms with Gasteiger partial charge in [0.2, 0.25) is 11.0 Å². The van der Waals surface area contributed by atoms with Crippen molar-refractivity contribution in [2.24, 2.45) is 0 Å². The van der Waals surface area contributed by atoms with E-state index < -0.39 is 12.0 Å². The van der Waals surface area contributed by atoms with Crippen molar-refractivity contribution < 1.29 is 19.1 Å². The molecule has 0 aliphatic carbocycles. The molecule has 3 amide bonds. The smallest absolute Gasteiger partial charge is 0.325 e. The highest BCUT2D eigenvalue weighted by Gasteiger charge is 2.28. The van der Waals surface area contributed by atoms with Crippen molar-refractivity contribution in [2.75, 3.05) is 38.6 Å². The van der Waals surface area contributed by atoms with Crippen molar-refractivity contribution in [2.45, 2.75) is 6.92 Å². The van der Waals surface area contributed by atoms with Gasteiger partial charge in [0.25, 0.3) is 0 Å². The third-order valence-corrected chi connectivity index (χ3v) is 3.65. The number of rotatable bonds is 3. The van der Waals surface area contributed by atoms with Crippen LogP contribution in [0.5, 0.6) is 0 Å². The fourth-order valence-electron chi connectivity index (χ4n) is 1.79. The zero-order valence-corrected chi connectivity index (χ0v) is 12.5. The number of carbonyl (C=O) groups excluding carboxylic acids is 3. The fourth-order valence-corrected chi connectivity index (χ4v) is 2.37. The van der Waals surface area contributed by atoms with Gasteiger partial charge in [-0.3, -0.25) is 14.9 Å². The Morgan fingerprint density at radius 2 is 2.14 bits per heavy atom. The lowest BCUT2D eigenvalue weighted by atomic mass is 10.3. The third-order valence-electron chi connectivity index (χ3n) is 2.89. The molecule has 114 valence electrons. The summed E-state index contributed by atoms with van der Waals surface area (Å²) in [6.45, 7) is 2.23. The minimum atomic E-state index is -0.481. The number of piperazine rings is 1. The molecule has 0 atom stereocenters. The molecule has 1 saturated heterocycles. The number of esters is 1. The first kappa shape index (κ1) is 15.2. The Balaban J connectivity index is 1.88. The first-order valence-electron chi connectivity index (χ1n) is 6.20. The summed E-state index contributed by atoms with van der Waals surface area (Å²) in [5, 5.41) is 11.3. The molecule has 21 heavy (non-hydrogen) atoms. The van der Waals surface area contributed by atoms with Crippen molar-refractivity contribution in [1.82, 2.24) is 20.0 Å². The predicted molar refractivity (Wildman–Crippen MR) is 73.8 cm³/mol. The molecule has 2 heterocycles. The van der Waals surface area contributed by atoms with Crippen LogP contribution in [0.15, 0.2) is 0 Å². The average Bonchev–Trinajstić information content (AvgIpc) is 2.86. The lowest BCUT2D eigenvalue weighted by Gasteiger charge is -2.33. The molecule has 1 N–H and O–H groups in total. The number of nitrogens with zero attached hydrogens (tertiary/aromatic N) is 4. The minimum Gasteiger partial charge on any atom is -0.468 e. The number of anilines is 1. The summed E-state index contributed by atoms with van der Waals surface area (Å²) in [6.07, 6.45) is 0. The number of nitrogens with one attached hydrogen (secondary N) is 1. The Morgan fingerprint density at radius 1 is 1.38 bits per heavy atom. The molecule has 1 aliphatic heterocycles. The number of ether oxygens (including phenoxy) is 1. The number of methoxy groups -OCH3 is 1. The van der Waals surface area contributed by atoms with E-state index in [2.05, 4.69) is 20.3 Å². The highest BCUT2D eigenvalue weighted by molar-refractivity contribution is 7.15. The number of hydrogen-bond donors (Lipinski definition) is 1. The van der Waals surface area contributed by atoms with Crippen molar-refractivity contribution in [3.05, 3.63) is 5.01 Å². The Labute approximate surface area is 124 Å². The van der Waals surface area contributed by atoms with E-state index in [4.69, 9.17) is 0 Å². The van der Waals surface area contributed by atoms with Gasteiger partial charge in [0.05, 0.1) is 7.11 Å². The lowest BCUT2D eigenvalue weighted by molar-refractivity contribution is -0.148. The van der Waals surface area contributed by atoms with E-state index in [1.807, 2.05) is 0 Å². The molecule has 0 spiro atoms. The molecule has 0 saturated carbocycles. The zero-order chi connectivity index (χ0) is 15.4. The van der Waals surface area contributed by atoms with Gasteiger partial charge in [-0.15, -0.1) is 10.2 Å². The molecular formula is C11H15N5O4S. The summed E-state index contributed by atoms with van der Waals surface area (Å²) in [5.41, 5.74) is 0. The number of amides is 3. The second kappa shape index (κ2) is 6.48. The Hall–Kier alpha value is -2.23. The van der Waals surface area contributed by atoms with Crippen LogP contribution in [0, 0.1) is 6.92 Å². The Morgan fingerprint density at radius 3 is 2.71 bits per heavy atom. The molecule has 9 nitrogen and oxygen atoms in total. The van der Waals surface area contributed by atoms with E-state index in [1.165, 1.54) is 28.2 Å². The van der Waals surface area contributed by atoms with Gasteiger partial charge in [-0.2, -0.15) is 0 Å². The first-order valence-corrected chi connectivity index (χ1v) is 7.02. The number of hydrogen-bond acceptors (Lipinski definition) is 7. The van der Waals surface area contributed by atoms with E-state index >= 15 is 0 Å². The summed E-state index contributed by atoms with van der Waals surface area (Å²) < 4.78 is 4.52. The SMILES string of the molecule is COC(=O)CN1CCN(C(=O)Nc2nnc(C)s2)CC1=O. The maximum Gasteiger partial charge on any atom is 0.325 e. The molecule has 1 aromatic rings. The van der Waals surface area contributed by atoms with E-state index in [1.54, 1.807) is 6.92 Å². The predicted octanol–water partition coefficient (Wildman–Crippen LogP) is -0.304. The van der Waals surface area contributed by atoms with Gasteiger partial charge < -0.3 is 14.5 Å². The monoisotopic (exact) mass is 313 g/mol. The quantitative estimate of drug-likeness (QED) is 0.768. The normalized spacial score (nSPS) is 15.0.